The van der Waals surface area contributed by atoms with E-state index >= 15 is 0 Å². The number of rotatable bonds is 5. The molecule has 0 N–H and O–H groups in total. The summed E-state index contributed by atoms with van der Waals surface area (Å²) in [6.45, 7) is 6.79. The highest BCUT2D eigenvalue weighted by molar-refractivity contribution is 6.17. The van der Waals surface area contributed by atoms with E-state index in [4.69, 9.17) is 16.0 Å². The monoisotopic (exact) mass is 282 g/mol. The highest BCUT2D eigenvalue weighted by atomic mass is 35.5. The lowest BCUT2D eigenvalue weighted by Gasteiger charge is -2.12. The molecule has 0 saturated heterocycles. The molecule has 5 nitrogen and oxygen atoms in total. The van der Waals surface area contributed by atoms with E-state index in [1.165, 1.54) is 0 Å². The smallest absolute Gasteiger partial charge is 0.216 e. The second-order valence-corrected chi connectivity index (χ2v) is 5.95. The van der Waals surface area contributed by atoms with Crippen molar-refractivity contribution in [3.8, 4) is 0 Å². The van der Waals surface area contributed by atoms with Gasteiger partial charge in [-0.25, -0.2) is 9.67 Å². The van der Waals surface area contributed by atoms with Crippen molar-refractivity contribution in [3.63, 3.8) is 0 Å². The molecule has 2 heterocycles. The van der Waals surface area contributed by atoms with Crippen molar-refractivity contribution in [2.45, 2.75) is 45.6 Å². The maximum atomic E-state index is 5.72. The minimum absolute atomic E-state index is 0.0286. The quantitative estimate of drug-likeness (QED) is 0.791. The maximum Gasteiger partial charge on any atom is 0.216 e. The fourth-order valence-electron chi connectivity index (χ4n) is 1.65. The first-order valence-corrected chi connectivity index (χ1v) is 6.92. The van der Waals surface area contributed by atoms with Crippen molar-refractivity contribution in [1.82, 2.24) is 20.0 Å². The number of hydrogen-bond donors (Lipinski definition) is 0. The van der Waals surface area contributed by atoms with Gasteiger partial charge in [-0.1, -0.05) is 26.0 Å². The first-order chi connectivity index (χ1) is 8.99. The summed E-state index contributed by atoms with van der Waals surface area (Å²) >= 11 is 5.65. The third-order valence-corrected chi connectivity index (χ3v) is 3.01. The molecular formula is C13H19ClN4O. The maximum absolute atomic E-state index is 5.72. The molecule has 0 aliphatic carbocycles. The number of nitrogens with zero attached hydrogens (tertiary/aromatic N) is 4. The van der Waals surface area contributed by atoms with Crippen molar-refractivity contribution in [1.29, 1.82) is 0 Å². The van der Waals surface area contributed by atoms with Crippen molar-refractivity contribution in [2.75, 3.05) is 5.88 Å². The van der Waals surface area contributed by atoms with Gasteiger partial charge in [0.15, 0.2) is 0 Å². The number of hydrogen-bond acceptors (Lipinski definition) is 4. The second kappa shape index (κ2) is 5.74. The minimum Gasteiger partial charge on any atom is -0.443 e. The SMILES string of the molecule is CC(C)(C)c1cnc(Cn2cc(CCCCl)nn2)o1. The number of halogens is 1. The van der Waals surface area contributed by atoms with Gasteiger partial charge in [0.2, 0.25) is 5.89 Å². The molecule has 0 spiro atoms. The summed E-state index contributed by atoms with van der Waals surface area (Å²) in [5, 5.41) is 8.15. The predicted octanol–water partition coefficient (Wildman–Crippen LogP) is 2.78. The molecule has 2 aromatic heterocycles. The van der Waals surface area contributed by atoms with Crippen LogP contribution in [-0.2, 0) is 18.4 Å². The van der Waals surface area contributed by atoms with Crippen molar-refractivity contribution >= 4 is 11.6 Å². The first kappa shape index (κ1) is 14.1. The lowest BCUT2D eigenvalue weighted by atomic mass is 9.94. The summed E-state index contributed by atoms with van der Waals surface area (Å²) < 4.78 is 7.46. The largest absolute Gasteiger partial charge is 0.443 e. The molecule has 0 bridgehead atoms. The lowest BCUT2D eigenvalue weighted by Crippen LogP contribution is -2.09. The lowest BCUT2D eigenvalue weighted by molar-refractivity contribution is 0.371. The van der Waals surface area contributed by atoms with Crippen LogP contribution in [0.25, 0.3) is 0 Å². The molecule has 0 saturated carbocycles. The third-order valence-electron chi connectivity index (χ3n) is 2.74. The van der Waals surface area contributed by atoms with Crippen molar-refractivity contribution in [3.05, 3.63) is 29.7 Å². The van der Waals surface area contributed by atoms with Gasteiger partial charge in [0, 0.05) is 17.5 Å². The zero-order valence-corrected chi connectivity index (χ0v) is 12.3. The average molecular weight is 283 g/mol. The molecule has 19 heavy (non-hydrogen) atoms. The van der Waals surface area contributed by atoms with Crippen LogP contribution in [-0.4, -0.2) is 25.9 Å². The summed E-state index contributed by atoms with van der Waals surface area (Å²) in [5.41, 5.74) is 0.919. The highest BCUT2D eigenvalue weighted by Gasteiger charge is 2.19. The Morgan fingerprint density at radius 2 is 2.16 bits per heavy atom. The Labute approximate surface area is 118 Å². The van der Waals surface area contributed by atoms with Gasteiger partial charge in [-0.2, -0.15) is 0 Å². The van der Waals surface area contributed by atoms with Crippen molar-refractivity contribution in [2.24, 2.45) is 0 Å². The van der Waals surface area contributed by atoms with Gasteiger partial charge in [0.1, 0.15) is 12.3 Å². The van der Waals surface area contributed by atoms with Gasteiger partial charge in [0.05, 0.1) is 11.9 Å². The van der Waals surface area contributed by atoms with Crippen LogP contribution in [0.4, 0.5) is 0 Å². The molecule has 0 amide bonds. The van der Waals surface area contributed by atoms with Gasteiger partial charge in [-0.3, -0.25) is 0 Å². The number of oxazole rings is 1. The summed E-state index contributed by atoms with van der Waals surface area (Å²) in [5.74, 6) is 2.17. The van der Waals surface area contributed by atoms with Crippen molar-refractivity contribution < 1.29 is 4.42 Å². The molecule has 0 unspecified atom stereocenters. The number of alkyl halides is 1. The van der Waals surface area contributed by atoms with Crippen LogP contribution < -0.4 is 0 Å². The van der Waals surface area contributed by atoms with E-state index in [2.05, 4.69) is 36.1 Å². The minimum atomic E-state index is -0.0286. The zero-order valence-electron chi connectivity index (χ0n) is 11.6. The predicted molar refractivity (Wildman–Crippen MR) is 73.4 cm³/mol. The van der Waals surface area contributed by atoms with Gasteiger partial charge in [0.25, 0.3) is 0 Å². The van der Waals surface area contributed by atoms with E-state index in [0.29, 0.717) is 18.3 Å². The van der Waals surface area contributed by atoms with E-state index in [9.17, 15) is 0 Å². The van der Waals surface area contributed by atoms with Crippen LogP contribution in [0.1, 0.15) is 44.5 Å². The van der Waals surface area contributed by atoms with E-state index in [1.54, 1.807) is 10.9 Å². The fourth-order valence-corrected chi connectivity index (χ4v) is 1.78. The topological polar surface area (TPSA) is 56.7 Å². The van der Waals surface area contributed by atoms with Crippen LogP contribution in [0, 0.1) is 0 Å². The van der Waals surface area contributed by atoms with Crippen LogP contribution >= 0.6 is 11.6 Å². The van der Waals surface area contributed by atoms with Gasteiger partial charge in [-0.05, 0) is 12.8 Å². The molecule has 0 aliphatic rings. The molecular weight excluding hydrogens is 264 g/mol. The third kappa shape index (κ3) is 3.80. The second-order valence-electron chi connectivity index (χ2n) is 5.57. The Bertz CT molecular complexity index is 527. The fraction of sp³-hybridized carbons (Fsp3) is 0.615. The molecule has 2 aromatic rings. The van der Waals surface area contributed by atoms with Crippen LogP contribution in [0.3, 0.4) is 0 Å². The Balaban J connectivity index is 2.01. The zero-order chi connectivity index (χ0) is 13.9. The molecule has 6 heteroatoms. The molecule has 0 aliphatic heterocycles. The molecule has 0 atom stereocenters. The summed E-state index contributed by atoms with van der Waals surface area (Å²) in [6, 6.07) is 0. The van der Waals surface area contributed by atoms with Gasteiger partial charge < -0.3 is 4.42 Å². The Morgan fingerprint density at radius 1 is 1.37 bits per heavy atom. The van der Waals surface area contributed by atoms with Crippen LogP contribution in [0.15, 0.2) is 16.8 Å². The Kier molecular flexibility index (Phi) is 4.24. The van der Waals surface area contributed by atoms with E-state index in [1.807, 2.05) is 6.20 Å². The number of aryl methyl sites for hydroxylation is 1. The normalized spacial score (nSPS) is 12.0. The molecule has 0 radical (unpaired) electrons. The molecule has 0 fully saturated rings. The summed E-state index contributed by atoms with van der Waals surface area (Å²) in [4.78, 5) is 4.27. The first-order valence-electron chi connectivity index (χ1n) is 6.39. The van der Waals surface area contributed by atoms with Crippen LogP contribution in [0.2, 0.25) is 0 Å². The van der Waals surface area contributed by atoms with Gasteiger partial charge >= 0.3 is 0 Å². The average Bonchev–Trinajstić information content (AvgIpc) is 2.95. The molecule has 2 rings (SSSR count). The number of aromatic nitrogens is 4. The molecule has 104 valence electrons. The Hall–Kier alpha value is -1.36. The summed E-state index contributed by atoms with van der Waals surface area (Å²) in [7, 11) is 0. The highest BCUT2D eigenvalue weighted by Crippen LogP contribution is 2.22. The summed E-state index contributed by atoms with van der Waals surface area (Å²) in [6.07, 6.45) is 5.45. The van der Waals surface area contributed by atoms with E-state index in [-0.39, 0.29) is 5.41 Å². The van der Waals surface area contributed by atoms with E-state index < -0.39 is 0 Å². The van der Waals surface area contributed by atoms with Gasteiger partial charge in [-0.15, -0.1) is 16.7 Å². The van der Waals surface area contributed by atoms with Crippen LogP contribution in [0.5, 0.6) is 0 Å². The van der Waals surface area contributed by atoms with E-state index in [0.717, 1.165) is 24.3 Å². The molecule has 0 aromatic carbocycles. The Morgan fingerprint density at radius 3 is 2.79 bits per heavy atom. The standard InChI is InChI=1S/C13H19ClN4O/c1-13(2,3)11-7-15-12(19-11)9-18-8-10(16-17-18)5-4-6-14/h7-8H,4-6,9H2,1-3H3.